The van der Waals surface area contributed by atoms with Crippen LogP contribution in [0.2, 0.25) is 0 Å². The highest BCUT2D eigenvalue weighted by molar-refractivity contribution is 6.08. The number of hydrogen-bond donors (Lipinski definition) is 1. The van der Waals surface area contributed by atoms with Crippen LogP contribution in [0.25, 0.3) is 0 Å². The van der Waals surface area contributed by atoms with Gasteiger partial charge in [0.1, 0.15) is 5.82 Å². The molecule has 0 radical (unpaired) electrons. The van der Waals surface area contributed by atoms with Crippen LogP contribution in [0.5, 0.6) is 0 Å². The molecule has 0 aliphatic carbocycles. The molecule has 174 valence electrons. The third kappa shape index (κ3) is 4.91. The van der Waals surface area contributed by atoms with Crippen LogP contribution in [0.15, 0.2) is 72.8 Å². The second-order valence-electron chi connectivity index (χ2n) is 7.84. The first kappa shape index (κ1) is 23.0. The summed E-state index contributed by atoms with van der Waals surface area (Å²) in [5, 5.41) is 2.73. The number of methoxy groups -OCH3 is 1. The Bertz CT molecular complexity index is 1210. The number of ether oxygens (including phenoxy) is 1. The third-order valence-corrected chi connectivity index (χ3v) is 5.65. The monoisotopic (exact) mass is 461 g/mol. The standard InChI is InChI=1S/C26H24FN3O4/c1-34-25(32)21-8-3-5-10-23(21)28-24(31)18-11-13-20(14-12-18)30-16-6-15-29(26(30)33)17-19-7-2-4-9-22(19)27/h2-5,7-14H,6,15-17H2,1H3,(H,28,31). The number of anilines is 2. The number of carbonyl (C=O) groups excluding carboxylic acids is 3. The number of hydrogen-bond acceptors (Lipinski definition) is 4. The predicted octanol–water partition coefficient (Wildman–Crippen LogP) is 4.70. The maximum absolute atomic E-state index is 14.0. The molecule has 4 rings (SSSR count). The molecule has 1 saturated heterocycles. The third-order valence-electron chi connectivity index (χ3n) is 5.65. The van der Waals surface area contributed by atoms with Gasteiger partial charge >= 0.3 is 12.0 Å². The van der Waals surface area contributed by atoms with Crippen LogP contribution in [0, 0.1) is 5.82 Å². The van der Waals surface area contributed by atoms with Crippen molar-refractivity contribution >= 4 is 29.3 Å². The molecule has 1 fully saturated rings. The summed E-state index contributed by atoms with van der Waals surface area (Å²) in [6, 6.07) is 19.4. The van der Waals surface area contributed by atoms with Gasteiger partial charge in [0.15, 0.2) is 0 Å². The van der Waals surface area contributed by atoms with E-state index in [2.05, 4.69) is 5.32 Å². The zero-order valence-electron chi connectivity index (χ0n) is 18.7. The Hall–Kier alpha value is -4.20. The van der Waals surface area contributed by atoms with Crippen molar-refractivity contribution in [3.8, 4) is 0 Å². The molecule has 1 aliphatic rings. The predicted molar refractivity (Wildman–Crippen MR) is 126 cm³/mol. The quantitative estimate of drug-likeness (QED) is 0.540. The van der Waals surface area contributed by atoms with Gasteiger partial charge in [-0.1, -0.05) is 30.3 Å². The Kier molecular flexibility index (Phi) is 6.87. The van der Waals surface area contributed by atoms with Crippen molar-refractivity contribution in [1.82, 2.24) is 4.90 Å². The zero-order valence-corrected chi connectivity index (χ0v) is 18.7. The van der Waals surface area contributed by atoms with Gasteiger partial charge in [-0.15, -0.1) is 0 Å². The summed E-state index contributed by atoms with van der Waals surface area (Å²) in [5.41, 5.74) is 2.09. The maximum Gasteiger partial charge on any atom is 0.339 e. The summed E-state index contributed by atoms with van der Waals surface area (Å²) < 4.78 is 18.8. The lowest BCUT2D eigenvalue weighted by molar-refractivity contribution is 0.0602. The van der Waals surface area contributed by atoms with E-state index in [1.54, 1.807) is 76.5 Å². The number of carbonyl (C=O) groups is 3. The average Bonchev–Trinajstić information content (AvgIpc) is 2.86. The number of benzene rings is 3. The first-order valence-electron chi connectivity index (χ1n) is 10.9. The molecular formula is C26H24FN3O4. The van der Waals surface area contributed by atoms with Gasteiger partial charge in [0.2, 0.25) is 0 Å². The summed E-state index contributed by atoms with van der Waals surface area (Å²) in [6.07, 6.45) is 0.743. The molecule has 1 heterocycles. The number of rotatable bonds is 6. The van der Waals surface area contributed by atoms with Crippen LogP contribution in [-0.2, 0) is 11.3 Å². The summed E-state index contributed by atoms with van der Waals surface area (Å²) in [7, 11) is 1.28. The van der Waals surface area contributed by atoms with Gasteiger partial charge < -0.3 is 15.0 Å². The molecule has 7 nitrogen and oxygen atoms in total. The van der Waals surface area contributed by atoms with E-state index in [9.17, 15) is 18.8 Å². The Balaban J connectivity index is 1.46. The molecule has 1 N–H and O–H groups in total. The van der Waals surface area contributed by atoms with Crippen LogP contribution in [0.4, 0.5) is 20.6 Å². The second-order valence-corrected chi connectivity index (χ2v) is 7.84. The minimum absolute atomic E-state index is 0.197. The second kappa shape index (κ2) is 10.2. The maximum atomic E-state index is 14.0. The molecule has 0 spiro atoms. The molecule has 3 amide bonds. The number of halogens is 1. The summed E-state index contributed by atoms with van der Waals surface area (Å²) >= 11 is 0. The van der Waals surface area contributed by atoms with Crippen molar-refractivity contribution in [3.05, 3.63) is 95.3 Å². The first-order valence-corrected chi connectivity index (χ1v) is 10.9. The fraction of sp³-hybridized carbons (Fsp3) is 0.192. The molecule has 0 bridgehead atoms. The fourth-order valence-corrected chi connectivity index (χ4v) is 3.87. The van der Waals surface area contributed by atoms with E-state index in [1.807, 2.05) is 0 Å². The van der Waals surface area contributed by atoms with Crippen LogP contribution in [0.1, 0.15) is 32.7 Å². The SMILES string of the molecule is COC(=O)c1ccccc1NC(=O)c1ccc(N2CCCN(Cc3ccccc3F)C2=O)cc1. The first-order chi connectivity index (χ1) is 16.5. The van der Waals surface area contributed by atoms with Gasteiger partial charge in [-0.25, -0.2) is 14.0 Å². The molecule has 3 aromatic carbocycles. The number of nitrogens with one attached hydrogen (secondary N) is 1. The van der Waals surface area contributed by atoms with E-state index >= 15 is 0 Å². The van der Waals surface area contributed by atoms with Gasteiger partial charge in [-0.05, 0) is 48.9 Å². The smallest absolute Gasteiger partial charge is 0.339 e. The zero-order chi connectivity index (χ0) is 24.1. The van der Waals surface area contributed by atoms with Gasteiger partial charge in [-0.3, -0.25) is 9.69 Å². The Labute approximate surface area is 196 Å². The highest BCUT2D eigenvalue weighted by Gasteiger charge is 2.27. The molecule has 8 heteroatoms. The summed E-state index contributed by atoms with van der Waals surface area (Å²) in [5.74, 6) is -1.28. The molecule has 0 atom stereocenters. The molecule has 0 aromatic heterocycles. The van der Waals surface area contributed by atoms with Crippen molar-refractivity contribution in [2.75, 3.05) is 30.4 Å². The molecule has 34 heavy (non-hydrogen) atoms. The molecular weight excluding hydrogens is 437 g/mol. The van der Waals surface area contributed by atoms with Gasteiger partial charge in [0.05, 0.1) is 24.9 Å². The lowest BCUT2D eigenvalue weighted by Crippen LogP contribution is -2.49. The van der Waals surface area contributed by atoms with E-state index in [4.69, 9.17) is 4.74 Å². The van der Waals surface area contributed by atoms with Crippen molar-refractivity contribution in [2.45, 2.75) is 13.0 Å². The summed E-state index contributed by atoms with van der Waals surface area (Å²) in [4.78, 5) is 40.9. The highest BCUT2D eigenvalue weighted by Crippen LogP contribution is 2.23. The van der Waals surface area contributed by atoms with Crippen LogP contribution < -0.4 is 10.2 Å². The van der Waals surface area contributed by atoms with Crippen molar-refractivity contribution in [2.24, 2.45) is 0 Å². The number of amides is 3. The number of para-hydroxylation sites is 1. The average molecular weight is 461 g/mol. The lowest BCUT2D eigenvalue weighted by atomic mass is 10.1. The van der Waals surface area contributed by atoms with E-state index in [0.29, 0.717) is 35.6 Å². The molecule has 3 aromatic rings. The van der Waals surface area contributed by atoms with Crippen molar-refractivity contribution < 1.29 is 23.5 Å². The van der Waals surface area contributed by atoms with Crippen LogP contribution >= 0.6 is 0 Å². The van der Waals surface area contributed by atoms with E-state index < -0.39 is 11.9 Å². The number of esters is 1. The Morgan fingerprint density at radius 2 is 1.68 bits per heavy atom. The number of nitrogens with zero attached hydrogens (tertiary/aromatic N) is 2. The van der Waals surface area contributed by atoms with E-state index in [-0.39, 0.29) is 24.0 Å². The van der Waals surface area contributed by atoms with E-state index in [0.717, 1.165) is 6.42 Å². The van der Waals surface area contributed by atoms with Gasteiger partial charge in [0.25, 0.3) is 5.91 Å². The van der Waals surface area contributed by atoms with Crippen LogP contribution in [0.3, 0.4) is 0 Å². The van der Waals surface area contributed by atoms with Crippen molar-refractivity contribution in [3.63, 3.8) is 0 Å². The van der Waals surface area contributed by atoms with Gasteiger partial charge in [-0.2, -0.15) is 0 Å². The number of urea groups is 1. The summed E-state index contributed by atoms with van der Waals surface area (Å²) in [6.45, 7) is 1.27. The van der Waals surface area contributed by atoms with Crippen LogP contribution in [-0.4, -0.2) is 43.0 Å². The largest absolute Gasteiger partial charge is 0.465 e. The highest BCUT2D eigenvalue weighted by atomic mass is 19.1. The topological polar surface area (TPSA) is 79.0 Å². The molecule has 0 unspecified atom stereocenters. The molecule has 1 aliphatic heterocycles. The van der Waals surface area contributed by atoms with E-state index in [1.165, 1.54) is 13.2 Å². The van der Waals surface area contributed by atoms with Crippen molar-refractivity contribution in [1.29, 1.82) is 0 Å². The minimum Gasteiger partial charge on any atom is -0.465 e. The van der Waals surface area contributed by atoms with Gasteiger partial charge in [0, 0.05) is 29.9 Å². The lowest BCUT2D eigenvalue weighted by Gasteiger charge is -2.35. The Morgan fingerprint density at radius 1 is 0.971 bits per heavy atom. The fourth-order valence-electron chi connectivity index (χ4n) is 3.87. The normalized spacial score (nSPS) is 13.5. The minimum atomic E-state index is -0.546. The molecule has 0 saturated carbocycles. The Morgan fingerprint density at radius 3 is 2.41 bits per heavy atom.